The van der Waals surface area contributed by atoms with Crippen LogP contribution in [0.15, 0.2) is 30.5 Å². The molecule has 1 aromatic carbocycles. The Bertz CT molecular complexity index is 525. The number of carbonyl (C=O) groups is 1. The Morgan fingerprint density at radius 1 is 1.12 bits per heavy atom. The summed E-state index contributed by atoms with van der Waals surface area (Å²) in [7, 11) is 0. The lowest BCUT2D eigenvalue weighted by Gasteiger charge is -2.06. The number of nitrogens with zero attached hydrogens (tertiary/aromatic N) is 1. The summed E-state index contributed by atoms with van der Waals surface area (Å²) in [4.78, 5) is 10.6. The van der Waals surface area contributed by atoms with Crippen LogP contribution in [-0.2, 0) is 0 Å². The molecule has 0 spiro atoms. The van der Waals surface area contributed by atoms with Crippen LogP contribution in [-0.4, -0.2) is 10.9 Å². The zero-order valence-corrected chi connectivity index (χ0v) is 7.95. The maximum Gasteiger partial charge on any atom is 0.194 e. The fourth-order valence-electron chi connectivity index (χ4n) is 1.41. The molecule has 0 bridgehead atoms. The first kappa shape index (κ1) is 10.5. The van der Waals surface area contributed by atoms with Gasteiger partial charge in [0, 0.05) is 18.3 Å². The molecule has 2 aromatic rings. The highest BCUT2D eigenvalue weighted by Crippen LogP contribution is 2.18. The molecule has 0 saturated carbocycles. The summed E-state index contributed by atoms with van der Waals surface area (Å²) in [5, 5.41) is 0. The second kappa shape index (κ2) is 3.84. The number of hydrogen-bond donors (Lipinski definition) is 0. The normalized spacial score (nSPS) is 10.4. The van der Waals surface area contributed by atoms with Gasteiger partial charge in [-0.25, -0.2) is 13.2 Å². The molecule has 1 aromatic heterocycles. The van der Waals surface area contributed by atoms with Crippen LogP contribution in [0.5, 0.6) is 0 Å². The fraction of sp³-hybridized carbons (Fsp3) is 0. The van der Waals surface area contributed by atoms with Crippen molar-refractivity contribution < 1.29 is 18.0 Å². The number of carbonyl (C=O) groups excluding carboxylic acids is 1. The molecule has 2 rings (SSSR count). The smallest absolute Gasteiger partial charge is 0.194 e. The van der Waals surface area contributed by atoms with Crippen LogP contribution in [0.2, 0.25) is 0 Å². The number of hydrogen-bond acceptors (Lipinski definition) is 1. The Morgan fingerprint density at radius 2 is 1.75 bits per heavy atom. The summed E-state index contributed by atoms with van der Waals surface area (Å²) in [5.74, 6) is -4.11. The predicted octanol–water partition coefficient (Wildman–Crippen LogP) is 2.71. The topological polar surface area (TPSA) is 22.0 Å². The van der Waals surface area contributed by atoms with Crippen LogP contribution in [0.3, 0.4) is 0 Å². The highest BCUT2D eigenvalue weighted by Gasteiger charge is 2.12. The minimum Gasteiger partial charge on any atom is -0.314 e. The lowest BCUT2D eigenvalue weighted by atomic mass is 10.2. The molecule has 0 N–H and O–H groups in total. The van der Waals surface area contributed by atoms with E-state index >= 15 is 0 Å². The van der Waals surface area contributed by atoms with Crippen molar-refractivity contribution in [1.82, 2.24) is 4.57 Å². The quantitative estimate of drug-likeness (QED) is 0.569. The van der Waals surface area contributed by atoms with Crippen LogP contribution in [0.25, 0.3) is 5.69 Å². The number of aldehydes is 1. The number of aromatic nitrogens is 1. The molecule has 0 saturated heterocycles. The molecule has 5 heteroatoms. The third-order valence-corrected chi connectivity index (χ3v) is 2.15. The molecule has 0 aliphatic carbocycles. The summed E-state index contributed by atoms with van der Waals surface area (Å²) in [5.41, 5.74) is 0.286. The SMILES string of the molecule is O=Cc1cccn1-c1cc(F)c(F)c(F)c1. The molecule has 0 unspecified atom stereocenters. The summed E-state index contributed by atoms with van der Waals surface area (Å²) >= 11 is 0. The molecule has 0 fully saturated rings. The zero-order chi connectivity index (χ0) is 11.7. The maximum atomic E-state index is 13.0. The molecular formula is C11H6F3NO. The van der Waals surface area contributed by atoms with Gasteiger partial charge in [0.1, 0.15) is 0 Å². The minimum absolute atomic E-state index is 0.0588. The number of rotatable bonds is 2. The highest BCUT2D eigenvalue weighted by atomic mass is 19.2. The number of benzene rings is 1. The van der Waals surface area contributed by atoms with Crippen molar-refractivity contribution in [2.24, 2.45) is 0 Å². The van der Waals surface area contributed by atoms with Gasteiger partial charge in [0.2, 0.25) is 0 Å². The first-order valence-corrected chi connectivity index (χ1v) is 4.41. The maximum absolute atomic E-state index is 13.0. The van der Waals surface area contributed by atoms with Crippen molar-refractivity contribution in [3.05, 3.63) is 53.6 Å². The van der Waals surface area contributed by atoms with E-state index in [1.807, 2.05) is 0 Å². The van der Waals surface area contributed by atoms with Crippen LogP contribution in [0.1, 0.15) is 10.5 Å². The second-order valence-corrected chi connectivity index (χ2v) is 3.14. The second-order valence-electron chi connectivity index (χ2n) is 3.14. The zero-order valence-electron chi connectivity index (χ0n) is 7.95. The summed E-state index contributed by atoms with van der Waals surface area (Å²) in [6, 6.07) is 4.67. The number of halogens is 3. The van der Waals surface area contributed by atoms with E-state index in [4.69, 9.17) is 0 Å². The van der Waals surface area contributed by atoms with Crippen molar-refractivity contribution in [2.45, 2.75) is 0 Å². The fourth-order valence-corrected chi connectivity index (χ4v) is 1.41. The molecular weight excluding hydrogens is 219 g/mol. The van der Waals surface area contributed by atoms with Crippen LogP contribution in [0, 0.1) is 17.5 Å². The Labute approximate surface area is 88.9 Å². The highest BCUT2D eigenvalue weighted by molar-refractivity contribution is 5.73. The lowest BCUT2D eigenvalue weighted by molar-refractivity contribution is 0.111. The first-order valence-electron chi connectivity index (χ1n) is 4.41. The average Bonchev–Trinajstić information content (AvgIpc) is 2.73. The van der Waals surface area contributed by atoms with Gasteiger partial charge in [-0.15, -0.1) is 0 Å². The molecule has 0 radical (unpaired) electrons. The molecule has 82 valence electrons. The molecule has 0 amide bonds. The molecule has 2 nitrogen and oxygen atoms in total. The molecule has 0 atom stereocenters. The van der Waals surface area contributed by atoms with Gasteiger partial charge in [0.15, 0.2) is 23.7 Å². The molecule has 16 heavy (non-hydrogen) atoms. The molecule has 0 aliphatic heterocycles. The summed E-state index contributed by atoms with van der Waals surface area (Å²) < 4.78 is 39.9. The Hall–Kier alpha value is -2.04. The molecule has 1 heterocycles. The van der Waals surface area contributed by atoms with Crippen LogP contribution in [0.4, 0.5) is 13.2 Å². The van der Waals surface area contributed by atoms with Crippen molar-refractivity contribution >= 4 is 6.29 Å². The third kappa shape index (κ3) is 1.60. The van der Waals surface area contributed by atoms with E-state index in [-0.39, 0.29) is 11.4 Å². The van der Waals surface area contributed by atoms with E-state index in [0.29, 0.717) is 6.29 Å². The predicted molar refractivity (Wildman–Crippen MR) is 51.0 cm³/mol. The lowest BCUT2D eigenvalue weighted by Crippen LogP contribution is -2.01. The van der Waals surface area contributed by atoms with E-state index in [1.165, 1.54) is 16.8 Å². The monoisotopic (exact) mass is 225 g/mol. The standard InChI is InChI=1S/C11H6F3NO/c12-9-4-8(5-10(13)11(9)14)15-3-1-2-7(15)6-16/h1-6H. The van der Waals surface area contributed by atoms with Crippen LogP contribution < -0.4 is 0 Å². The van der Waals surface area contributed by atoms with Gasteiger partial charge >= 0.3 is 0 Å². The minimum atomic E-state index is -1.52. The third-order valence-electron chi connectivity index (χ3n) is 2.15. The van der Waals surface area contributed by atoms with Gasteiger partial charge in [-0.1, -0.05) is 0 Å². The van der Waals surface area contributed by atoms with E-state index in [1.54, 1.807) is 6.07 Å². The van der Waals surface area contributed by atoms with E-state index in [9.17, 15) is 18.0 Å². The van der Waals surface area contributed by atoms with Crippen molar-refractivity contribution in [1.29, 1.82) is 0 Å². The van der Waals surface area contributed by atoms with Gasteiger partial charge in [-0.2, -0.15) is 0 Å². The Morgan fingerprint density at radius 3 is 2.31 bits per heavy atom. The largest absolute Gasteiger partial charge is 0.314 e. The Kier molecular flexibility index (Phi) is 2.52. The van der Waals surface area contributed by atoms with E-state index < -0.39 is 17.5 Å². The van der Waals surface area contributed by atoms with Gasteiger partial charge in [0.25, 0.3) is 0 Å². The van der Waals surface area contributed by atoms with Crippen molar-refractivity contribution in [3.8, 4) is 5.69 Å². The van der Waals surface area contributed by atoms with Gasteiger partial charge in [-0.05, 0) is 12.1 Å². The van der Waals surface area contributed by atoms with E-state index in [2.05, 4.69) is 0 Å². The first-order chi connectivity index (χ1) is 7.63. The summed E-state index contributed by atoms with van der Waals surface area (Å²) in [6.45, 7) is 0. The Balaban J connectivity index is 2.61. The van der Waals surface area contributed by atoms with Crippen molar-refractivity contribution in [3.63, 3.8) is 0 Å². The van der Waals surface area contributed by atoms with Gasteiger partial charge in [-0.3, -0.25) is 4.79 Å². The van der Waals surface area contributed by atoms with Gasteiger partial charge in [0.05, 0.1) is 11.4 Å². The molecule has 0 aliphatic rings. The van der Waals surface area contributed by atoms with Crippen LogP contribution >= 0.6 is 0 Å². The summed E-state index contributed by atoms with van der Waals surface area (Å²) in [6.07, 6.45) is 2.00. The average molecular weight is 225 g/mol. The van der Waals surface area contributed by atoms with Gasteiger partial charge < -0.3 is 4.57 Å². The van der Waals surface area contributed by atoms with E-state index in [0.717, 1.165) is 12.1 Å². The van der Waals surface area contributed by atoms with Crippen molar-refractivity contribution in [2.75, 3.05) is 0 Å².